The number of hydrogen-bond acceptors (Lipinski definition) is 2. The quantitative estimate of drug-likeness (QED) is 0.777. The van der Waals surface area contributed by atoms with Gasteiger partial charge in [-0.25, -0.2) is 0 Å². The van der Waals surface area contributed by atoms with Gasteiger partial charge in [-0.15, -0.1) is 0 Å². The number of benzene rings is 2. The lowest BCUT2D eigenvalue weighted by Gasteiger charge is -2.10. The second kappa shape index (κ2) is 6.90. The first-order valence-electron chi connectivity index (χ1n) is 5.77. The molecule has 2 aromatic carbocycles. The predicted octanol–water partition coefficient (Wildman–Crippen LogP) is 5.32. The first kappa shape index (κ1) is 15.1. The van der Waals surface area contributed by atoms with E-state index in [0.717, 1.165) is 10.0 Å². The third-order valence-electron chi connectivity index (χ3n) is 2.56. The Kier molecular flexibility index (Phi) is 5.20. The monoisotopic (exact) mass is 361 g/mol. The van der Waals surface area contributed by atoms with Crippen LogP contribution >= 0.6 is 27.5 Å². The summed E-state index contributed by atoms with van der Waals surface area (Å²) >= 11 is 9.43. The van der Waals surface area contributed by atoms with Crippen LogP contribution in [0.2, 0.25) is 5.02 Å². The summed E-state index contributed by atoms with van der Waals surface area (Å²) in [4.78, 5) is 0. The molecule has 0 amide bonds. The SMILES string of the molecule is FC(F)Oc1cccc(NCc2ccc(Br)cc2Cl)c1. The van der Waals surface area contributed by atoms with Crippen molar-refractivity contribution in [2.45, 2.75) is 13.2 Å². The molecule has 0 aliphatic rings. The molecule has 6 heteroatoms. The van der Waals surface area contributed by atoms with E-state index >= 15 is 0 Å². The standard InChI is InChI=1S/C14H11BrClF2NO/c15-10-5-4-9(13(16)6-10)8-19-11-2-1-3-12(7-11)20-14(17)18/h1-7,14,19H,8H2. The van der Waals surface area contributed by atoms with E-state index in [1.54, 1.807) is 18.2 Å². The minimum absolute atomic E-state index is 0.118. The third-order valence-corrected chi connectivity index (χ3v) is 3.40. The molecule has 2 aromatic rings. The molecule has 0 saturated carbocycles. The fraction of sp³-hybridized carbons (Fsp3) is 0.143. The largest absolute Gasteiger partial charge is 0.435 e. The molecule has 1 N–H and O–H groups in total. The van der Waals surface area contributed by atoms with Crippen molar-refractivity contribution in [3.05, 3.63) is 57.5 Å². The van der Waals surface area contributed by atoms with E-state index in [1.807, 2.05) is 12.1 Å². The van der Waals surface area contributed by atoms with Crippen molar-refractivity contribution in [2.75, 3.05) is 5.32 Å². The molecule has 0 aliphatic carbocycles. The molecule has 2 rings (SSSR count). The van der Waals surface area contributed by atoms with Crippen LogP contribution in [0.4, 0.5) is 14.5 Å². The van der Waals surface area contributed by atoms with Crippen LogP contribution in [0.3, 0.4) is 0 Å². The molecule has 0 bridgehead atoms. The van der Waals surface area contributed by atoms with Gasteiger partial charge in [0.25, 0.3) is 0 Å². The average molecular weight is 363 g/mol. The van der Waals surface area contributed by atoms with Crippen LogP contribution in [0.15, 0.2) is 46.9 Å². The lowest BCUT2D eigenvalue weighted by molar-refractivity contribution is -0.0498. The van der Waals surface area contributed by atoms with Crippen molar-refractivity contribution < 1.29 is 13.5 Å². The maximum absolute atomic E-state index is 12.1. The van der Waals surface area contributed by atoms with Gasteiger partial charge in [0.2, 0.25) is 0 Å². The van der Waals surface area contributed by atoms with Gasteiger partial charge in [0, 0.05) is 27.8 Å². The summed E-state index contributed by atoms with van der Waals surface area (Å²) in [5.74, 6) is 0.118. The van der Waals surface area contributed by atoms with Crippen LogP contribution in [-0.4, -0.2) is 6.61 Å². The molecule has 106 valence electrons. The van der Waals surface area contributed by atoms with Crippen LogP contribution in [0.1, 0.15) is 5.56 Å². The number of alkyl halides is 2. The van der Waals surface area contributed by atoms with Crippen LogP contribution in [0.5, 0.6) is 5.75 Å². The molecule has 0 unspecified atom stereocenters. The van der Waals surface area contributed by atoms with Crippen LogP contribution in [-0.2, 0) is 6.54 Å². The zero-order chi connectivity index (χ0) is 14.5. The number of halogens is 4. The Balaban J connectivity index is 2.03. The highest BCUT2D eigenvalue weighted by molar-refractivity contribution is 9.10. The summed E-state index contributed by atoms with van der Waals surface area (Å²) in [6, 6.07) is 12.0. The fourth-order valence-electron chi connectivity index (χ4n) is 1.64. The zero-order valence-corrected chi connectivity index (χ0v) is 12.6. The molecular formula is C14H11BrClF2NO. The molecule has 2 nitrogen and oxygen atoms in total. The first-order valence-corrected chi connectivity index (χ1v) is 6.94. The van der Waals surface area contributed by atoms with E-state index in [-0.39, 0.29) is 5.75 Å². The second-order valence-corrected chi connectivity index (χ2v) is 5.32. The van der Waals surface area contributed by atoms with Crippen LogP contribution < -0.4 is 10.1 Å². The molecule has 0 aliphatic heterocycles. The molecule has 0 heterocycles. The second-order valence-electron chi connectivity index (χ2n) is 4.00. The summed E-state index contributed by atoms with van der Waals surface area (Å²) in [5.41, 5.74) is 1.59. The molecule has 20 heavy (non-hydrogen) atoms. The lowest BCUT2D eigenvalue weighted by atomic mass is 10.2. The summed E-state index contributed by atoms with van der Waals surface area (Å²) in [5, 5.41) is 3.74. The minimum atomic E-state index is -2.83. The first-order chi connectivity index (χ1) is 9.54. The molecule has 0 radical (unpaired) electrons. The van der Waals surface area contributed by atoms with E-state index in [4.69, 9.17) is 11.6 Å². The number of nitrogens with one attached hydrogen (secondary N) is 1. The van der Waals surface area contributed by atoms with Crippen molar-refractivity contribution in [3.8, 4) is 5.75 Å². The van der Waals surface area contributed by atoms with Crippen molar-refractivity contribution in [1.29, 1.82) is 0 Å². The Morgan fingerprint density at radius 2 is 2.00 bits per heavy atom. The summed E-state index contributed by atoms with van der Waals surface area (Å²) in [7, 11) is 0. The summed E-state index contributed by atoms with van der Waals surface area (Å²) in [6.45, 7) is -2.34. The predicted molar refractivity (Wildman–Crippen MR) is 79.6 cm³/mol. The van der Waals surface area contributed by atoms with Gasteiger partial charge in [0.05, 0.1) is 0 Å². The number of ether oxygens (including phenoxy) is 1. The van der Waals surface area contributed by atoms with Gasteiger partial charge in [0.1, 0.15) is 5.75 Å². The van der Waals surface area contributed by atoms with E-state index in [9.17, 15) is 8.78 Å². The normalized spacial score (nSPS) is 10.7. The van der Waals surface area contributed by atoms with E-state index in [2.05, 4.69) is 26.0 Å². The third kappa shape index (κ3) is 4.35. The number of hydrogen-bond donors (Lipinski definition) is 1. The number of anilines is 1. The Morgan fingerprint density at radius 3 is 2.70 bits per heavy atom. The highest BCUT2D eigenvalue weighted by Crippen LogP contribution is 2.24. The highest BCUT2D eigenvalue weighted by atomic mass is 79.9. The summed E-state index contributed by atoms with van der Waals surface area (Å²) in [6.07, 6.45) is 0. The van der Waals surface area contributed by atoms with Crippen molar-refractivity contribution in [2.24, 2.45) is 0 Å². The zero-order valence-electron chi connectivity index (χ0n) is 10.2. The van der Waals surface area contributed by atoms with Crippen LogP contribution in [0, 0.1) is 0 Å². The van der Waals surface area contributed by atoms with E-state index in [0.29, 0.717) is 17.3 Å². The molecule has 0 atom stereocenters. The van der Waals surface area contributed by atoms with E-state index in [1.165, 1.54) is 12.1 Å². The highest BCUT2D eigenvalue weighted by Gasteiger charge is 2.05. The Labute approximate surface area is 128 Å². The van der Waals surface area contributed by atoms with Gasteiger partial charge in [-0.2, -0.15) is 8.78 Å². The maximum Gasteiger partial charge on any atom is 0.387 e. The van der Waals surface area contributed by atoms with E-state index < -0.39 is 6.61 Å². The molecule has 0 fully saturated rings. The van der Waals surface area contributed by atoms with Gasteiger partial charge in [-0.3, -0.25) is 0 Å². The molecule has 0 aromatic heterocycles. The summed E-state index contributed by atoms with van der Waals surface area (Å²) < 4.78 is 29.5. The maximum atomic E-state index is 12.1. The van der Waals surface area contributed by atoms with Crippen molar-refractivity contribution >= 4 is 33.2 Å². The Bertz CT molecular complexity index is 595. The van der Waals surface area contributed by atoms with Gasteiger partial charge >= 0.3 is 6.61 Å². The topological polar surface area (TPSA) is 21.3 Å². The average Bonchev–Trinajstić information content (AvgIpc) is 2.37. The van der Waals surface area contributed by atoms with Crippen molar-refractivity contribution in [3.63, 3.8) is 0 Å². The molecule has 0 saturated heterocycles. The van der Waals surface area contributed by atoms with Gasteiger partial charge in [0.15, 0.2) is 0 Å². The van der Waals surface area contributed by atoms with Crippen LogP contribution in [0.25, 0.3) is 0 Å². The fourth-order valence-corrected chi connectivity index (χ4v) is 2.38. The Hall–Kier alpha value is -1.33. The number of rotatable bonds is 5. The minimum Gasteiger partial charge on any atom is -0.435 e. The van der Waals surface area contributed by atoms with Gasteiger partial charge < -0.3 is 10.1 Å². The van der Waals surface area contributed by atoms with Gasteiger partial charge in [-0.05, 0) is 29.8 Å². The Morgan fingerprint density at radius 1 is 1.20 bits per heavy atom. The molecular weight excluding hydrogens is 352 g/mol. The van der Waals surface area contributed by atoms with Crippen molar-refractivity contribution in [1.82, 2.24) is 0 Å². The lowest BCUT2D eigenvalue weighted by Crippen LogP contribution is -2.03. The van der Waals surface area contributed by atoms with Gasteiger partial charge in [-0.1, -0.05) is 39.7 Å². The smallest absolute Gasteiger partial charge is 0.387 e. The molecule has 0 spiro atoms.